The molecular weight excluding hydrogens is 227 g/mol. The van der Waals surface area contributed by atoms with Gasteiger partial charge in [-0.3, -0.25) is 4.98 Å². The number of halogens is 2. The van der Waals surface area contributed by atoms with Crippen molar-refractivity contribution in [3.05, 3.63) is 28.5 Å². The molecule has 0 N–H and O–H groups in total. The van der Waals surface area contributed by atoms with E-state index in [1.54, 1.807) is 0 Å². The number of nitriles is 1. The minimum atomic E-state index is -1.40. The number of alkyl halides is 1. The Morgan fingerprint density at radius 1 is 1.38 bits per heavy atom. The number of rotatable bonds is 1. The van der Waals surface area contributed by atoms with Crippen LogP contribution in [0.3, 0.4) is 0 Å². The van der Waals surface area contributed by atoms with Crippen LogP contribution in [0.5, 0.6) is 0 Å². The van der Waals surface area contributed by atoms with Gasteiger partial charge in [-0.05, 0) is 31.7 Å². The topological polar surface area (TPSA) is 36.7 Å². The second kappa shape index (κ2) is 4.39. The molecule has 1 fully saturated rings. The molecule has 1 heterocycles. The molecule has 1 aliphatic carbocycles. The van der Waals surface area contributed by atoms with Gasteiger partial charge in [0.2, 0.25) is 0 Å². The molecule has 0 bridgehead atoms. The van der Waals surface area contributed by atoms with Crippen molar-refractivity contribution in [3.8, 4) is 6.07 Å². The van der Waals surface area contributed by atoms with Crippen molar-refractivity contribution >= 4 is 11.6 Å². The van der Waals surface area contributed by atoms with E-state index in [0.717, 1.165) is 19.3 Å². The third kappa shape index (κ3) is 2.03. The number of aromatic nitrogens is 1. The number of hydrogen-bond donors (Lipinski definition) is 0. The minimum Gasteiger partial charge on any atom is -0.255 e. The van der Waals surface area contributed by atoms with Crippen LogP contribution < -0.4 is 0 Å². The lowest BCUT2D eigenvalue weighted by molar-refractivity contribution is 0.101. The van der Waals surface area contributed by atoms with E-state index in [0.29, 0.717) is 24.1 Å². The SMILES string of the molecule is N#Cc1cnc(C2(F)CCCCC2)c(Cl)c1. The van der Waals surface area contributed by atoms with E-state index in [9.17, 15) is 4.39 Å². The van der Waals surface area contributed by atoms with Crippen LogP contribution in [0.15, 0.2) is 12.3 Å². The van der Waals surface area contributed by atoms with Crippen molar-refractivity contribution < 1.29 is 4.39 Å². The smallest absolute Gasteiger partial charge is 0.154 e. The zero-order chi connectivity index (χ0) is 11.6. The summed E-state index contributed by atoms with van der Waals surface area (Å²) in [5, 5.41) is 8.95. The maximum absolute atomic E-state index is 14.6. The lowest BCUT2D eigenvalue weighted by Gasteiger charge is -2.29. The fraction of sp³-hybridized carbons (Fsp3) is 0.500. The summed E-state index contributed by atoms with van der Waals surface area (Å²) in [6, 6.07) is 3.43. The molecule has 1 aromatic rings. The van der Waals surface area contributed by atoms with Gasteiger partial charge < -0.3 is 0 Å². The van der Waals surface area contributed by atoms with Gasteiger partial charge in [-0.1, -0.05) is 18.0 Å². The molecule has 0 saturated heterocycles. The van der Waals surface area contributed by atoms with Crippen LogP contribution in [0.2, 0.25) is 5.02 Å². The highest BCUT2D eigenvalue weighted by Crippen LogP contribution is 2.42. The van der Waals surface area contributed by atoms with Gasteiger partial charge >= 0.3 is 0 Å². The van der Waals surface area contributed by atoms with E-state index >= 15 is 0 Å². The number of pyridine rings is 1. The maximum atomic E-state index is 14.6. The summed E-state index contributed by atoms with van der Waals surface area (Å²) in [6.45, 7) is 0. The first-order valence-corrected chi connectivity index (χ1v) is 5.78. The highest BCUT2D eigenvalue weighted by molar-refractivity contribution is 6.31. The van der Waals surface area contributed by atoms with E-state index < -0.39 is 5.67 Å². The quantitative estimate of drug-likeness (QED) is 0.747. The van der Waals surface area contributed by atoms with E-state index in [1.165, 1.54) is 12.3 Å². The molecule has 1 aromatic heterocycles. The Hall–Kier alpha value is -1.14. The third-order valence-electron chi connectivity index (χ3n) is 3.04. The zero-order valence-corrected chi connectivity index (χ0v) is 9.60. The lowest BCUT2D eigenvalue weighted by Crippen LogP contribution is -2.25. The van der Waals surface area contributed by atoms with Gasteiger partial charge in [-0.15, -0.1) is 0 Å². The second-order valence-corrected chi connectivity index (χ2v) is 4.60. The van der Waals surface area contributed by atoms with Crippen LogP contribution in [-0.2, 0) is 5.67 Å². The summed E-state index contributed by atoms with van der Waals surface area (Å²) < 4.78 is 14.6. The minimum absolute atomic E-state index is 0.267. The van der Waals surface area contributed by atoms with Crippen LogP contribution in [0, 0.1) is 11.3 Å². The van der Waals surface area contributed by atoms with Crippen LogP contribution in [0.4, 0.5) is 4.39 Å². The average Bonchev–Trinajstić information content (AvgIpc) is 2.29. The van der Waals surface area contributed by atoms with E-state index in [2.05, 4.69) is 4.98 Å². The molecule has 2 rings (SSSR count). The fourth-order valence-corrected chi connectivity index (χ4v) is 2.51. The highest BCUT2D eigenvalue weighted by atomic mass is 35.5. The van der Waals surface area contributed by atoms with Crippen LogP contribution >= 0.6 is 11.6 Å². The van der Waals surface area contributed by atoms with Crippen LogP contribution in [0.1, 0.15) is 43.4 Å². The molecule has 2 nitrogen and oxygen atoms in total. The van der Waals surface area contributed by atoms with Crippen LogP contribution in [-0.4, -0.2) is 4.98 Å². The Morgan fingerprint density at radius 2 is 2.06 bits per heavy atom. The summed E-state index contributed by atoms with van der Waals surface area (Å²) in [5.41, 5.74) is -0.732. The molecule has 0 amide bonds. The molecule has 0 aromatic carbocycles. The lowest BCUT2D eigenvalue weighted by atomic mass is 9.83. The predicted molar refractivity (Wildman–Crippen MR) is 59.8 cm³/mol. The van der Waals surface area contributed by atoms with Crippen molar-refractivity contribution in [3.63, 3.8) is 0 Å². The molecule has 0 spiro atoms. The van der Waals surface area contributed by atoms with Crippen LogP contribution in [0.25, 0.3) is 0 Å². The van der Waals surface area contributed by atoms with Crippen molar-refractivity contribution in [2.24, 2.45) is 0 Å². The van der Waals surface area contributed by atoms with Crippen molar-refractivity contribution in [2.75, 3.05) is 0 Å². The Labute approximate surface area is 99.1 Å². The normalized spacial score (nSPS) is 19.1. The number of nitrogens with zero attached hydrogens (tertiary/aromatic N) is 2. The molecule has 4 heteroatoms. The molecular formula is C12H12ClFN2. The summed E-state index contributed by atoms with van der Waals surface area (Å²) >= 11 is 5.98. The van der Waals surface area contributed by atoms with E-state index in [-0.39, 0.29) is 5.02 Å². The molecule has 0 atom stereocenters. The zero-order valence-electron chi connectivity index (χ0n) is 8.84. The molecule has 1 aliphatic rings. The van der Waals surface area contributed by atoms with Crippen molar-refractivity contribution in [1.82, 2.24) is 4.98 Å². The Morgan fingerprint density at radius 3 is 2.62 bits per heavy atom. The van der Waals surface area contributed by atoms with Gasteiger partial charge in [0.1, 0.15) is 6.07 Å². The predicted octanol–water partition coefficient (Wildman–Crippen LogP) is 3.74. The first-order valence-electron chi connectivity index (χ1n) is 5.41. The summed E-state index contributed by atoms with van der Waals surface area (Å²) in [5.74, 6) is 0. The Bertz CT molecular complexity index is 433. The molecule has 84 valence electrons. The summed E-state index contributed by atoms with van der Waals surface area (Å²) in [7, 11) is 0. The Balaban J connectivity index is 2.36. The molecule has 1 saturated carbocycles. The molecule has 0 unspecified atom stereocenters. The first kappa shape index (κ1) is 11.3. The van der Waals surface area contributed by atoms with Gasteiger partial charge in [0, 0.05) is 6.20 Å². The number of hydrogen-bond acceptors (Lipinski definition) is 2. The van der Waals surface area contributed by atoms with Crippen molar-refractivity contribution in [1.29, 1.82) is 5.26 Å². The first-order chi connectivity index (χ1) is 7.65. The summed E-state index contributed by atoms with van der Waals surface area (Å²) in [4.78, 5) is 4.02. The van der Waals surface area contributed by atoms with Gasteiger partial charge in [0.15, 0.2) is 5.67 Å². The average molecular weight is 239 g/mol. The largest absolute Gasteiger partial charge is 0.255 e. The summed E-state index contributed by atoms with van der Waals surface area (Å²) in [6.07, 6.45) is 5.15. The maximum Gasteiger partial charge on any atom is 0.154 e. The second-order valence-electron chi connectivity index (χ2n) is 4.19. The van der Waals surface area contributed by atoms with E-state index in [4.69, 9.17) is 16.9 Å². The van der Waals surface area contributed by atoms with Crippen molar-refractivity contribution in [2.45, 2.75) is 37.8 Å². The standard InChI is InChI=1S/C12H12ClFN2/c13-10-6-9(7-15)8-16-11(10)12(14)4-2-1-3-5-12/h6,8H,1-5H2. The van der Waals surface area contributed by atoms with Gasteiger partial charge in [0.25, 0.3) is 0 Å². The molecule has 0 radical (unpaired) electrons. The monoisotopic (exact) mass is 238 g/mol. The van der Waals surface area contributed by atoms with Gasteiger partial charge in [-0.2, -0.15) is 5.26 Å². The highest BCUT2D eigenvalue weighted by Gasteiger charge is 2.36. The Kier molecular flexibility index (Phi) is 3.11. The van der Waals surface area contributed by atoms with E-state index in [1.807, 2.05) is 6.07 Å². The molecule has 16 heavy (non-hydrogen) atoms. The third-order valence-corrected chi connectivity index (χ3v) is 3.33. The molecule has 0 aliphatic heterocycles. The fourth-order valence-electron chi connectivity index (χ4n) is 2.18. The van der Waals surface area contributed by atoms with Gasteiger partial charge in [-0.25, -0.2) is 4.39 Å². The van der Waals surface area contributed by atoms with Gasteiger partial charge in [0.05, 0.1) is 16.3 Å².